The summed E-state index contributed by atoms with van der Waals surface area (Å²) in [6.07, 6.45) is -0.727. The quantitative estimate of drug-likeness (QED) is 0.821. The highest BCUT2D eigenvalue weighted by Crippen LogP contribution is 2.16. The highest BCUT2D eigenvalue weighted by atomic mass is 19.1. The molecule has 0 aliphatic carbocycles. The Bertz CT molecular complexity index is 547. The smallest absolute Gasteiger partial charge is 0.125 e. The summed E-state index contributed by atoms with van der Waals surface area (Å²) >= 11 is 0. The molecule has 2 N–H and O–H groups in total. The summed E-state index contributed by atoms with van der Waals surface area (Å²) in [5.74, 6) is -0.302. The number of anilines is 1. The van der Waals surface area contributed by atoms with Crippen molar-refractivity contribution in [2.24, 2.45) is 0 Å². The van der Waals surface area contributed by atoms with Crippen molar-refractivity contribution >= 4 is 5.69 Å². The Morgan fingerprint density at radius 2 is 1.90 bits per heavy atom. The van der Waals surface area contributed by atoms with Gasteiger partial charge in [0, 0.05) is 12.2 Å². The van der Waals surface area contributed by atoms with E-state index >= 15 is 0 Å². The van der Waals surface area contributed by atoms with Crippen LogP contribution in [0.2, 0.25) is 0 Å². The van der Waals surface area contributed by atoms with E-state index in [0.717, 1.165) is 5.56 Å². The molecule has 0 amide bonds. The summed E-state index contributed by atoms with van der Waals surface area (Å²) in [4.78, 5) is 0. The Labute approximate surface area is 124 Å². The summed E-state index contributed by atoms with van der Waals surface area (Å²) in [7, 11) is 0. The molecule has 3 nitrogen and oxygen atoms in total. The van der Waals surface area contributed by atoms with E-state index in [2.05, 4.69) is 5.32 Å². The molecule has 2 unspecified atom stereocenters. The average molecular weight is 289 g/mol. The standard InChI is InChI=1S/C17H20FNO2/c1-13(14-6-3-2-4-7-14)21-12-17(20)11-19-16-9-5-8-15(18)10-16/h2-10,13,17,19-20H,11-12H2,1H3. The lowest BCUT2D eigenvalue weighted by atomic mass is 10.1. The van der Waals surface area contributed by atoms with E-state index in [9.17, 15) is 9.50 Å². The number of ether oxygens (including phenoxy) is 1. The minimum atomic E-state index is -0.653. The van der Waals surface area contributed by atoms with Crippen LogP contribution in [0.15, 0.2) is 54.6 Å². The normalized spacial score (nSPS) is 13.7. The molecular formula is C17H20FNO2. The Kier molecular flexibility index (Phi) is 5.72. The number of benzene rings is 2. The third-order valence-electron chi connectivity index (χ3n) is 3.17. The van der Waals surface area contributed by atoms with Gasteiger partial charge in [-0.2, -0.15) is 0 Å². The lowest BCUT2D eigenvalue weighted by Crippen LogP contribution is -2.25. The van der Waals surface area contributed by atoms with Crippen molar-refractivity contribution in [2.45, 2.75) is 19.1 Å². The number of hydrogen-bond acceptors (Lipinski definition) is 3. The van der Waals surface area contributed by atoms with E-state index in [-0.39, 0.29) is 18.5 Å². The molecule has 0 bridgehead atoms. The van der Waals surface area contributed by atoms with E-state index in [1.54, 1.807) is 12.1 Å². The van der Waals surface area contributed by atoms with Crippen LogP contribution in [0.5, 0.6) is 0 Å². The monoisotopic (exact) mass is 289 g/mol. The fourth-order valence-electron chi connectivity index (χ4n) is 1.97. The molecule has 0 aliphatic heterocycles. The SMILES string of the molecule is CC(OCC(O)CNc1cccc(F)c1)c1ccccc1. The average Bonchev–Trinajstić information content (AvgIpc) is 2.51. The predicted molar refractivity (Wildman–Crippen MR) is 81.7 cm³/mol. The maximum absolute atomic E-state index is 13.0. The number of rotatable bonds is 7. The van der Waals surface area contributed by atoms with Gasteiger partial charge in [-0.3, -0.25) is 0 Å². The van der Waals surface area contributed by atoms with Crippen LogP contribution >= 0.6 is 0 Å². The molecule has 0 saturated carbocycles. The van der Waals surface area contributed by atoms with Gasteiger partial charge in [0.2, 0.25) is 0 Å². The number of nitrogens with one attached hydrogen (secondary N) is 1. The molecule has 2 aromatic carbocycles. The molecule has 0 aliphatic rings. The third kappa shape index (κ3) is 5.17. The van der Waals surface area contributed by atoms with Crippen LogP contribution in [0, 0.1) is 5.82 Å². The maximum Gasteiger partial charge on any atom is 0.125 e. The summed E-state index contributed by atoms with van der Waals surface area (Å²) in [6, 6.07) is 16.0. The summed E-state index contributed by atoms with van der Waals surface area (Å²) in [5, 5.41) is 12.9. The first-order valence-electron chi connectivity index (χ1n) is 6.99. The van der Waals surface area contributed by atoms with E-state index in [1.807, 2.05) is 37.3 Å². The van der Waals surface area contributed by atoms with Crippen molar-refractivity contribution in [1.29, 1.82) is 0 Å². The van der Waals surface area contributed by atoms with Crippen LogP contribution in [0.3, 0.4) is 0 Å². The minimum Gasteiger partial charge on any atom is -0.389 e. The molecule has 0 fully saturated rings. The molecule has 2 aromatic rings. The van der Waals surface area contributed by atoms with Crippen LogP contribution in [0.25, 0.3) is 0 Å². The number of halogens is 1. The fraction of sp³-hybridized carbons (Fsp3) is 0.294. The molecule has 112 valence electrons. The summed E-state index contributed by atoms with van der Waals surface area (Å²) < 4.78 is 18.6. The zero-order chi connectivity index (χ0) is 15.1. The van der Waals surface area contributed by atoms with Crippen LogP contribution in [-0.4, -0.2) is 24.4 Å². The van der Waals surface area contributed by atoms with Crippen LogP contribution in [0.1, 0.15) is 18.6 Å². The van der Waals surface area contributed by atoms with E-state index in [0.29, 0.717) is 12.2 Å². The van der Waals surface area contributed by atoms with Crippen molar-refractivity contribution in [3.8, 4) is 0 Å². The summed E-state index contributed by atoms with van der Waals surface area (Å²) in [6.45, 7) is 2.48. The maximum atomic E-state index is 13.0. The molecule has 0 aromatic heterocycles. The highest BCUT2D eigenvalue weighted by molar-refractivity contribution is 5.43. The van der Waals surface area contributed by atoms with Crippen molar-refractivity contribution < 1.29 is 14.2 Å². The van der Waals surface area contributed by atoms with Gasteiger partial charge in [0.1, 0.15) is 5.82 Å². The van der Waals surface area contributed by atoms with Gasteiger partial charge in [-0.15, -0.1) is 0 Å². The number of hydrogen-bond donors (Lipinski definition) is 2. The topological polar surface area (TPSA) is 41.5 Å². The van der Waals surface area contributed by atoms with Gasteiger partial charge < -0.3 is 15.2 Å². The van der Waals surface area contributed by atoms with Gasteiger partial charge in [0.15, 0.2) is 0 Å². The molecule has 21 heavy (non-hydrogen) atoms. The first-order valence-corrected chi connectivity index (χ1v) is 6.99. The third-order valence-corrected chi connectivity index (χ3v) is 3.17. The second-order valence-corrected chi connectivity index (χ2v) is 4.93. The Balaban J connectivity index is 1.73. The van der Waals surface area contributed by atoms with Crippen molar-refractivity contribution in [3.63, 3.8) is 0 Å². The van der Waals surface area contributed by atoms with Gasteiger partial charge in [-0.25, -0.2) is 4.39 Å². The molecule has 0 spiro atoms. The van der Waals surface area contributed by atoms with Gasteiger partial charge in [0.25, 0.3) is 0 Å². The van der Waals surface area contributed by atoms with Gasteiger partial charge in [0.05, 0.1) is 18.8 Å². The number of aliphatic hydroxyl groups excluding tert-OH is 1. The first-order chi connectivity index (χ1) is 10.1. The zero-order valence-corrected chi connectivity index (χ0v) is 12.0. The lowest BCUT2D eigenvalue weighted by molar-refractivity contribution is 0.00243. The Hall–Kier alpha value is -1.91. The van der Waals surface area contributed by atoms with Crippen molar-refractivity contribution in [2.75, 3.05) is 18.5 Å². The van der Waals surface area contributed by atoms with Crippen LogP contribution in [0.4, 0.5) is 10.1 Å². The zero-order valence-electron chi connectivity index (χ0n) is 12.0. The van der Waals surface area contributed by atoms with Crippen LogP contribution < -0.4 is 5.32 Å². The summed E-state index contributed by atoms with van der Waals surface area (Å²) in [5.41, 5.74) is 1.72. The first kappa shape index (κ1) is 15.5. The predicted octanol–water partition coefficient (Wildman–Crippen LogP) is 3.38. The Morgan fingerprint density at radius 3 is 2.62 bits per heavy atom. The second kappa shape index (κ2) is 7.76. The van der Waals surface area contributed by atoms with Gasteiger partial charge in [-0.1, -0.05) is 36.4 Å². The minimum absolute atomic E-state index is 0.0741. The number of aliphatic hydroxyl groups is 1. The molecule has 0 heterocycles. The van der Waals surface area contributed by atoms with Gasteiger partial charge >= 0.3 is 0 Å². The molecule has 0 radical (unpaired) electrons. The lowest BCUT2D eigenvalue weighted by Gasteiger charge is -2.17. The van der Waals surface area contributed by atoms with Crippen molar-refractivity contribution in [1.82, 2.24) is 0 Å². The van der Waals surface area contributed by atoms with Crippen molar-refractivity contribution in [3.05, 3.63) is 66.0 Å². The van der Waals surface area contributed by atoms with E-state index in [4.69, 9.17) is 4.74 Å². The molecule has 2 atom stereocenters. The Morgan fingerprint density at radius 1 is 1.14 bits per heavy atom. The second-order valence-electron chi connectivity index (χ2n) is 4.93. The molecular weight excluding hydrogens is 269 g/mol. The highest BCUT2D eigenvalue weighted by Gasteiger charge is 2.09. The van der Waals surface area contributed by atoms with Crippen LogP contribution in [-0.2, 0) is 4.74 Å². The van der Waals surface area contributed by atoms with Gasteiger partial charge in [-0.05, 0) is 30.7 Å². The molecule has 4 heteroatoms. The fourth-order valence-corrected chi connectivity index (χ4v) is 1.97. The largest absolute Gasteiger partial charge is 0.389 e. The molecule has 2 rings (SSSR count). The molecule has 0 saturated heterocycles. The van der Waals surface area contributed by atoms with E-state index in [1.165, 1.54) is 12.1 Å². The van der Waals surface area contributed by atoms with E-state index < -0.39 is 6.10 Å².